The number of benzene rings is 10. The Bertz CT molecular complexity index is 3260. The minimum Gasteiger partial charge on any atom is -0.455 e. The lowest BCUT2D eigenvalue weighted by molar-refractivity contribution is 0.670. The van der Waals surface area contributed by atoms with E-state index in [9.17, 15) is 0 Å². The third-order valence-electron chi connectivity index (χ3n) is 11.5. The summed E-state index contributed by atoms with van der Waals surface area (Å²) in [5.41, 5.74) is 14.3. The number of nitrogens with zero attached hydrogens (tertiary/aromatic N) is 1. The van der Waals surface area contributed by atoms with E-state index in [-0.39, 0.29) is 0 Å². The molecule has 2 heteroatoms. The summed E-state index contributed by atoms with van der Waals surface area (Å²) in [4.78, 5) is 2.39. The number of fused-ring (bicyclic) bond motifs is 5. The molecule has 0 amide bonds. The Labute approximate surface area is 337 Å². The van der Waals surface area contributed by atoms with Crippen LogP contribution in [0.2, 0.25) is 0 Å². The molecule has 0 aliphatic rings. The van der Waals surface area contributed by atoms with E-state index in [0.717, 1.165) is 55.7 Å². The molecule has 0 fully saturated rings. The Hall–Kier alpha value is -7.68. The standard InChI is InChI=1S/C56H37NO/c1-2-12-38(13-3-1)40-24-26-41(27-25-40)42-30-32-47(33-31-42)57(48-19-10-18-45(37-48)46-29-28-39-14-4-5-16-44(39)36-46)53-35-34-51(50-22-11-17-43-15-6-7-20-49(43)50)56-55(53)52-21-8-9-23-54(52)58-56/h1-37H. The van der Waals surface area contributed by atoms with Crippen molar-refractivity contribution in [2.45, 2.75) is 0 Å². The molecule has 2 nitrogen and oxygen atoms in total. The fourth-order valence-electron chi connectivity index (χ4n) is 8.58. The van der Waals surface area contributed by atoms with Gasteiger partial charge in [-0.05, 0) is 109 Å². The molecular weight excluding hydrogens is 703 g/mol. The fraction of sp³-hybridized carbons (Fsp3) is 0. The predicted octanol–water partition coefficient (Wildman–Crippen LogP) is 16.0. The van der Waals surface area contributed by atoms with Crippen LogP contribution < -0.4 is 4.90 Å². The van der Waals surface area contributed by atoms with Crippen LogP contribution in [0.3, 0.4) is 0 Å². The lowest BCUT2D eigenvalue weighted by Gasteiger charge is -2.27. The van der Waals surface area contributed by atoms with Crippen molar-refractivity contribution in [2.75, 3.05) is 4.90 Å². The number of para-hydroxylation sites is 1. The van der Waals surface area contributed by atoms with E-state index in [1.807, 2.05) is 0 Å². The van der Waals surface area contributed by atoms with E-state index in [1.165, 1.54) is 49.4 Å². The molecule has 0 saturated carbocycles. The lowest BCUT2D eigenvalue weighted by Crippen LogP contribution is -2.10. The van der Waals surface area contributed by atoms with Crippen LogP contribution in [0, 0.1) is 0 Å². The predicted molar refractivity (Wildman–Crippen MR) is 245 cm³/mol. The van der Waals surface area contributed by atoms with Crippen LogP contribution in [0.5, 0.6) is 0 Å². The Morgan fingerprint density at radius 1 is 0.310 bits per heavy atom. The van der Waals surface area contributed by atoms with Crippen LogP contribution in [-0.4, -0.2) is 0 Å². The average Bonchev–Trinajstić information content (AvgIpc) is 3.70. The van der Waals surface area contributed by atoms with Crippen molar-refractivity contribution >= 4 is 60.5 Å². The first-order valence-electron chi connectivity index (χ1n) is 19.8. The highest BCUT2D eigenvalue weighted by Crippen LogP contribution is 2.47. The van der Waals surface area contributed by atoms with Gasteiger partial charge in [0.1, 0.15) is 11.2 Å². The lowest BCUT2D eigenvalue weighted by atomic mass is 9.95. The van der Waals surface area contributed by atoms with Gasteiger partial charge < -0.3 is 9.32 Å². The largest absolute Gasteiger partial charge is 0.455 e. The highest BCUT2D eigenvalue weighted by molar-refractivity contribution is 6.18. The summed E-state index contributed by atoms with van der Waals surface area (Å²) in [5.74, 6) is 0. The number of rotatable bonds is 7. The van der Waals surface area contributed by atoms with Crippen LogP contribution in [0.4, 0.5) is 17.1 Å². The fourth-order valence-corrected chi connectivity index (χ4v) is 8.58. The molecule has 0 aliphatic carbocycles. The van der Waals surface area contributed by atoms with Gasteiger partial charge in [-0.15, -0.1) is 0 Å². The zero-order valence-electron chi connectivity index (χ0n) is 31.7. The number of anilines is 3. The Balaban J connectivity index is 1.09. The molecule has 0 saturated heterocycles. The normalized spacial score (nSPS) is 11.4. The van der Waals surface area contributed by atoms with Crippen molar-refractivity contribution in [1.82, 2.24) is 0 Å². The molecule has 0 unspecified atom stereocenters. The molecular formula is C56H37NO. The molecule has 58 heavy (non-hydrogen) atoms. The maximum Gasteiger partial charge on any atom is 0.145 e. The molecule has 272 valence electrons. The topological polar surface area (TPSA) is 16.4 Å². The Morgan fingerprint density at radius 3 is 1.67 bits per heavy atom. The van der Waals surface area contributed by atoms with E-state index >= 15 is 0 Å². The second kappa shape index (κ2) is 14.1. The van der Waals surface area contributed by atoms with E-state index in [0.29, 0.717) is 0 Å². The van der Waals surface area contributed by atoms with Gasteiger partial charge >= 0.3 is 0 Å². The zero-order valence-corrected chi connectivity index (χ0v) is 31.7. The highest BCUT2D eigenvalue weighted by Gasteiger charge is 2.23. The monoisotopic (exact) mass is 739 g/mol. The van der Waals surface area contributed by atoms with Gasteiger partial charge in [-0.3, -0.25) is 0 Å². The smallest absolute Gasteiger partial charge is 0.145 e. The van der Waals surface area contributed by atoms with E-state index in [4.69, 9.17) is 4.42 Å². The van der Waals surface area contributed by atoms with Crippen molar-refractivity contribution in [3.05, 3.63) is 224 Å². The maximum absolute atomic E-state index is 6.88. The molecule has 1 heterocycles. The van der Waals surface area contributed by atoms with Gasteiger partial charge in [0.15, 0.2) is 0 Å². The van der Waals surface area contributed by atoms with Crippen molar-refractivity contribution in [2.24, 2.45) is 0 Å². The number of furan rings is 1. The van der Waals surface area contributed by atoms with Gasteiger partial charge in [0.2, 0.25) is 0 Å². The van der Waals surface area contributed by atoms with Crippen molar-refractivity contribution < 1.29 is 4.42 Å². The SMILES string of the molecule is c1ccc(-c2ccc(-c3ccc(N(c4cccc(-c5ccc6ccccc6c5)c4)c4ccc(-c5cccc6ccccc56)c5oc6ccccc6c45)cc3)cc2)cc1. The first-order valence-corrected chi connectivity index (χ1v) is 19.8. The molecule has 11 rings (SSSR count). The first-order chi connectivity index (χ1) is 28.7. The highest BCUT2D eigenvalue weighted by atomic mass is 16.3. The van der Waals surface area contributed by atoms with E-state index in [2.05, 4.69) is 229 Å². The summed E-state index contributed by atoms with van der Waals surface area (Å²) in [6.45, 7) is 0. The summed E-state index contributed by atoms with van der Waals surface area (Å²) in [7, 11) is 0. The van der Waals surface area contributed by atoms with Gasteiger partial charge in [0.25, 0.3) is 0 Å². The molecule has 0 bridgehead atoms. The minimum absolute atomic E-state index is 0.866. The molecule has 0 atom stereocenters. The summed E-state index contributed by atoms with van der Waals surface area (Å²) in [6, 6.07) is 80.6. The molecule has 0 aliphatic heterocycles. The molecule has 10 aromatic carbocycles. The molecule has 1 aromatic heterocycles. The van der Waals surface area contributed by atoms with Crippen LogP contribution in [0.1, 0.15) is 0 Å². The third-order valence-corrected chi connectivity index (χ3v) is 11.5. The van der Waals surface area contributed by atoms with Gasteiger partial charge in [-0.1, -0.05) is 176 Å². The molecule has 0 N–H and O–H groups in total. The van der Waals surface area contributed by atoms with Gasteiger partial charge in [0.05, 0.1) is 11.1 Å². The van der Waals surface area contributed by atoms with Gasteiger partial charge in [0, 0.05) is 22.3 Å². The minimum atomic E-state index is 0.866. The average molecular weight is 740 g/mol. The van der Waals surface area contributed by atoms with Crippen LogP contribution in [0.15, 0.2) is 229 Å². The summed E-state index contributed by atoms with van der Waals surface area (Å²) >= 11 is 0. The van der Waals surface area contributed by atoms with Gasteiger partial charge in [-0.2, -0.15) is 0 Å². The number of hydrogen-bond donors (Lipinski definition) is 0. The van der Waals surface area contributed by atoms with Crippen LogP contribution >= 0.6 is 0 Å². The summed E-state index contributed by atoms with van der Waals surface area (Å²) < 4.78 is 6.88. The molecule has 0 radical (unpaired) electrons. The first kappa shape index (κ1) is 33.6. The van der Waals surface area contributed by atoms with Crippen molar-refractivity contribution in [3.8, 4) is 44.5 Å². The number of hydrogen-bond acceptors (Lipinski definition) is 2. The molecule has 0 spiro atoms. The zero-order chi connectivity index (χ0) is 38.4. The van der Waals surface area contributed by atoms with E-state index in [1.54, 1.807) is 0 Å². The maximum atomic E-state index is 6.88. The van der Waals surface area contributed by atoms with Crippen molar-refractivity contribution in [1.29, 1.82) is 0 Å². The van der Waals surface area contributed by atoms with Gasteiger partial charge in [-0.25, -0.2) is 0 Å². The van der Waals surface area contributed by atoms with Crippen molar-refractivity contribution in [3.63, 3.8) is 0 Å². The second-order valence-electron chi connectivity index (χ2n) is 14.9. The molecule has 11 aromatic rings. The third kappa shape index (κ3) is 5.91. The van der Waals surface area contributed by atoms with E-state index < -0.39 is 0 Å². The quantitative estimate of drug-likeness (QED) is 0.162. The second-order valence-corrected chi connectivity index (χ2v) is 14.9. The van der Waals surface area contributed by atoms with Crippen LogP contribution in [0.25, 0.3) is 88.0 Å². The summed E-state index contributed by atoms with van der Waals surface area (Å²) in [5, 5.41) is 7.03. The Kier molecular flexibility index (Phi) is 8.19. The Morgan fingerprint density at radius 2 is 0.879 bits per heavy atom. The summed E-state index contributed by atoms with van der Waals surface area (Å²) in [6.07, 6.45) is 0. The van der Waals surface area contributed by atoms with Crippen LogP contribution in [-0.2, 0) is 0 Å².